The molecule has 1 heterocycles. The first-order chi connectivity index (χ1) is 9.76. The lowest BCUT2D eigenvalue weighted by Crippen LogP contribution is -2.27. The van der Waals surface area contributed by atoms with Gasteiger partial charge in [0.25, 0.3) is 0 Å². The number of hydrogen-bond acceptors (Lipinski definition) is 4. The summed E-state index contributed by atoms with van der Waals surface area (Å²) in [6, 6.07) is 8.72. The minimum Gasteiger partial charge on any atom is -0.449 e. The first-order valence-electron chi connectivity index (χ1n) is 7.04. The molecule has 0 saturated heterocycles. The Morgan fingerprint density at radius 3 is 2.65 bits per heavy atom. The number of anilines is 1. The van der Waals surface area contributed by atoms with Gasteiger partial charge in [0.05, 0.1) is 12.6 Å². The molecule has 1 unspecified atom stereocenters. The number of nitrogens with one attached hydrogen (secondary N) is 1. The van der Waals surface area contributed by atoms with Crippen LogP contribution in [0.4, 0.5) is 5.69 Å². The van der Waals surface area contributed by atoms with Crippen LogP contribution in [0.15, 0.2) is 34.9 Å². The average Bonchev–Trinajstić information content (AvgIpc) is 3.21. The van der Waals surface area contributed by atoms with Crippen molar-refractivity contribution in [1.29, 1.82) is 0 Å². The molecule has 20 heavy (non-hydrogen) atoms. The predicted molar refractivity (Wildman–Crippen MR) is 78.7 cm³/mol. The van der Waals surface area contributed by atoms with Gasteiger partial charge in [-0.3, -0.25) is 0 Å². The third-order valence-corrected chi connectivity index (χ3v) is 3.69. The summed E-state index contributed by atoms with van der Waals surface area (Å²) in [6.07, 6.45) is 4.30. The second-order valence-electron chi connectivity index (χ2n) is 5.37. The Balaban J connectivity index is 1.69. The molecule has 1 saturated carbocycles. The van der Waals surface area contributed by atoms with Gasteiger partial charge in [0.2, 0.25) is 0 Å². The lowest BCUT2D eigenvalue weighted by atomic mass is 10.1. The predicted octanol–water partition coefficient (Wildman–Crippen LogP) is 3.49. The van der Waals surface area contributed by atoms with Crippen molar-refractivity contribution < 1.29 is 9.15 Å². The Morgan fingerprint density at radius 1 is 1.35 bits per heavy atom. The van der Waals surface area contributed by atoms with Crippen LogP contribution in [-0.4, -0.2) is 24.7 Å². The smallest absolute Gasteiger partial charge is 0.191 e. The second kappa shape index (κ2) is 5.67. The van der Waals surface area contributed by atoms with Crippen molar-refractivity contribution in [1.82, 2.24) is 4.98 Å². The summed E-state index contributed by atoms with van der Waals surface area (Å²) < 4.78 is 10.5. The van der Waals surface area contributed by atoms with E-state index in [1.54, 1.807) is 13.4 Å². The van der Waals surface area contributed by atoms with Gasteiger partial charge in [0.15, 0.2) is 5.89 Å². The van der Waals surface area contributed by atoms with Crippen molar-refractivity contribution in [3.05, 3.63) is 36.4 Å². The molecule has 0 amide bonds. The molecule has 1 N–H and O–H groups in total. The van der Waals surface area contributed by atoms with Crippen LogP contribution in [0.1, 0.15) is 18.7 Å². The molecule has 1 atom stereocenters. The summed E-state index contributed by atoms with van der Waals surface area (Å²) in [5, 5.41) is 3.56. The molecule has 1 aliphatic rings. The summed E-state index contributed by atoms with van der Waals surface area (Å²) >= 11 is 0. The first kappa shape index (κ1) is 13.2. The van der Waals surface area contributed by atoms with Gasteiger partial charge >= 0.3 is 0 Å². The maximum absolute atomic E-state index is 5.29. The number of methoxy groups -OCH3 is 1. The summed E-state index contributed by atoms with van der Waals surface area (Å²) in [5.41, 5.74) is 3.08. The highest BCUT2D eigenvalue weighted by Crippen LogP contribution is 2.34. The number of ether oxygens (including phenoxy) is 1. The van der Waals surface area contributed by atoms with Gasteiger partial charge in [-0.1, -0.05) is 12.1 Å². The van der Waals surface area contributed by atoms with E-state index >= 15 is 0 Å². The molecule has 0 aliphatic heterocycles. The fourth-order valence-electron chi connectivity index (χ4n) is 2.42. The van der Waals surface area contributed by atoms with Crippen molar-refractivity contribution in [2.24, 2.45) is 5.92 Å². The van der Waals surface area contributed by atoms with Gasteiger partial charge in [-0.2, -0.15) is 0 Å². The van der Waals surface area contributed by atoms with Crippen LogP contribution in [0.25, 0.3) is 11.3 Å². The standard InChI is InChI=1S/C16H20N2O2/c1-11-17-16(10-20-11)13-5-7-14(8-6-13)18-15(9-19-2)12-3-4-12/h5-8,10,12,15,18H,3-4,9H2,1-2H3. The van der Waals surface area contributed by atoms with Gasteiger partial charge < -0.3 is 14.5 Å². The summed E-state index contributed by atoms with van der Waals surface area (Å²) in [6.45, 7) is 2.61. The largest absolute Gasteiger partial charge is 0.449 e. The van der Waals surface area contributed by atoms with E-state index in [0.29, 0.717) is 11.9 Å². The normalized spacial score (nSPS) is 16.1. The zero-order valence-corrected chi connectivity index (χ0v) is 11.9. The van der Waals surface area contributed by atoms with Crippen molar-refractivity contribution in [3.8, 4) is 11.3 Å². The highest BCUT2D eigenvalue weighted by atomic mass is 16.5. The van der Waals surface area contributed by atoms with Crippen LogP contribution >= 0.6 is 0 Å². The molecule has 3 rings (SSSR count). The Bertz CT molecular complexity index is 558. The molecule has 4 nitrogen and oxygen atoms in total. The fourth-order valence-corrected chi connectivity index (χ4v) is 2.42. The summed E-state index contributed by atoms with van der Waals surface area (Å²) in [4.78, 5) is 4.33. The molecule has 1 aliphatic carbocycles. The van der Waals surface area contributed by atoms with Gasteiger partial charge in [-0.05, 0) is 30.9 Å². The Morgan fingerprint density at radius 2 is 2.10 bits per heavy atom. The second-order valence-corrected chi connectivity index (χ2v) is 5.37. The van der Waals surface area contributed by atoms with E-state index in [2.05, 4.69) is 34.6 Å². The van der Waals surface area contributed by atoms with E-state index in [9.17, 15) is 0 Å². The van der Waals surface area contributed by atoms with Gasteiger partial charge in [-0.15, -0.1) is 0 Å². The average molecular weight is 272 g/mol. The monoisotopic (exact) mass is 272 g/mol. The van der Waals surface area contributed by atoms with Crippen molar-refractivity contribution in [3.63, 3.8) is 0 Å². The molecule has 1 fully saturated rings. The highest BCUT2D eigenvalue weighted by Gasteiger charge is 2.31. The molecule has 2 aromatic rings. The molecular weight excluding hydrogens is 252 g/mol. The third-order valence-electron chi connectivity index (χ3n) is 3.69. The zero-order valence-electron chi connectivity index (χ0n) is 11.9. The maximum atomic E-state index is 5.29. The number of hydrogen-bond donors (Lipinski definition) is 1. The fraction of sp³-hybridized carbons (Fsp3) is 0.438. The molecular formula is C16H20N2O2. The molecule has 1 aromatic carbocycles. The molecule has 106 valence electrons. The number of oxazole rings is 1. The number of benzene rings is 1. The van der Waals surface area contributed by atoms with E-state index in [0.717, 1.165) is 29.5 Å². The number of rotatable bonds is 6. The minimum absolute atomic E-state index is 0.417. The van der Waals surface area contributed by atoms with Gasteiger partial charge in [0.1, 0.15) is 12.0 Å². The van der Waals surface area contributed by atoms with Crippen LogP contribution in [0, 0.1) is 12.8 Å². The maximum Gasteiger partial charge on any atom is 0.191 e. The number of aryl methyl sites for hydroxylation is 1. The van der Waals surface area contributed by atoms with E-state index in [1.165, 1.54) is 12.8 Å². The van der Waals surface area contributed by atoms with Crippen LogP contribution in [-0.2, 0) is 4.74 Å². The lowest BCUT2D eigenvalue weighted by molar-refractivity contribution is 0.179. The van der Waals surface area contributed by atoms with Gasteiger partial charge in [0, 0.05) is 25.3 Å². The highest BCUT2D eigenvalue weighted by molar-refractivity contribution is 5.62. The summed E-state index contributed by atoms with van der Waals surface area (Å²) in [7, 11) is 1.76. The first-order valence-corrected chi connectivity index (χ1v) is 7.04. The Kier molecular flexibility index (Phi) is 3.74. The van der Waals surface area contributed by atoms with E-state index < -0.39 is 0 Å². The van der Waals surface area contributed by atoms with E-state index in [1.807, 2.05) is 6.92 Å². The van der Waals surface area contributed by atoms with Crippen LogP contribution in [0.3, 0.4) is 0 Å². The van der Waals surface area contributed by atoms with E-state index in [-0.39, 0.29) is 0 Å². The van der Waals surface area contributed by atoms with Crippen LogP contribution in [0.5, 0.6) is 0 Å². The lowest BCUT2D eigenvalue weighted by Gasteiger charge is -2.18. The SMILES string of the molecule is COCC(Nc1ccc(-c2coc(C)n2)cc1)C1CC1. The van der Waals surface area contributed by atoms with Crippen LogP contribution in [0.2, 0.25) is 0 Å². The quantitative estimate of drug-likeness (QED) is 0.874. The minimum atomic E-state index is 0.417. The topological polar surface area (TPSA) is 47.3 Å². The van der Waals surface area contributed by atoms with Crippen molar-refractivity contribution >= 4 is 5.69 Å². The van der Waals surface area contributed by atoms with Crippen molar-refractivity contribution in [2.75, 3.05) is 19.0 Å². The van der Waals surface area contributed by atoms with Gasteiger partial charge in [-0.25, -0.2) is 4.98 Å². The summed E-state index contributed by atoms with van der Waals surface area (Å²) in [5.74, 6) is 1.45. The molecule has 4 heteroatoms. The molecule has 0 bridgehead atoms. The Labute approximate surface area is 119 Å². The molecule has 0 radical (unpaired) electrons. The van der Waals surface area contributed by atoms with Crippen molar-refractivity contribution in [2.45, 2.75) is 25.8 Å². The van der Waals surface area contributed by atoms with Crippen LogP contribution < -0.4 is 5.32 Å². The van der Waals surface area contributed by atoms with E-state index in [4.69, 9.17) is 9.15 Å². The number of nitrogens with zero attached hydrogens (tertiary/aromatic N) is 1. The molecule has 1 aromatic heterocycles. The Hall–Kier alpha value is -1.81. The molecule has 0 spiro atoms. The third kappa shape index (κ3) is 3.02. The number of aromatic nitrogens is 1. The zero-order chi connectivity index (χ0) is 13.9.